The molecule has 2 atom stereocenters. The van der Waals surface area contributed by atoms with Gasteiger partial charge in [0.25, 0.3) is 5.91 Å². The van der Waals surface area contributed by atoms with Crippen molar-refractivity contribution in [1.82, 2.24) is 15.2 Å². The molecule has 1 N–H and O–H groups in total. The second-order valence-electron chi connectivity index (χ2n) is 5.92. The van der Waals surface area contributed by atoms with Crippen LogP contribution in [0.1, 0.15) is 42.5 Å². The van der Waals surface area contributed by atoms with E-state index in [4.69, 9.17) is 0 Å². The number of amides is 1. The summed E-state index contributed by atoms with van der Waals surface area (Å²) in [7, 11) is 2.23. The highest BCUT2D eigenvalue weighted by Gasteiger charge is 2.36. The van der Waals surface area contributed by atoms with Crippen LogP contribution in [-0.4, -0.2) is 41.0 Å². The Morgan fingerprint density at radius 3 is 2.65 bits per heavy atom. The molecule has 2 aliphatic heterocycles. The van der Waals surface area contributed by atoms with Gasteiger partial charge in [0.2, 0.25) is 0 Å². The third-order valence-corrected chi connectivity index (χ3v) is 5.13. The molecule has 2 unspecified atom stereocenters. The van der Waals surface area contributed by atoms with Gasteiger partial charge in [-0.2, -0.15) is 0 Å². The van der Waals surface area contributed by atoms with E-state index in [2.05, 4.69) is 38.2 Å². The second kappa shape index (κ2) is 5.82. The summed E-state index contributed by atoms with van der Waals surface area (Å²) in [6, 6.07) is 5.19. The van der Waals surface area contributed by atoms with E-state index >= 15 is 0 Å². The summed E-state index contributed by atoms with van der Waals surface area (Å²) in [5.41, 5.74) is 0.636. The molecule has 3 heterocycles. The number of nitrogens with one attached hydrogen (secondary N) is 1. The van der Waals surface area contributed by atoms with Crippen LogP contribution in [0, 0.1) is 0 Å². The Morgan fingerprint density at radius 1 is 1.35 bits per heavy atom. The van der Waals surface area contributed by atoms with E-state index in [1.807, 2.05) is 6.07 Å². The van der Waals surface area contributed by atoms with Gasteiger partial charge < -0.3 is 10.2 Å². The van der Waals surface area contributed by atoms with Crippen molar-refractivity contribution in [2.24, 2.45) is 0 Å². The smallest absolute Gasteiger partial charge is 0.253 e. The fraction of sp³-hybridized carbons (Fsp3) is 0.600. The Morgan fingerprint density at radius 2 is 2.05 bits per heavy atom. The topological polar surface area (TPSA) is 45.2 Å². The monoisotopic (exact) mass is 337 g/mol. The van der Waals surface area contributed by atoms with Crippen molar-refractivity contribution in [3.05, 3.63) is 28.5 Å². The number of piperidine rings is 2. The summed E-state index contributed by atoms with van der Waals surface area (Å²) in [4.78, 5) is 18.9. The van der Waals surface area contributed by atoms with Crippen molar-refractivity contribution in [3.8, 4) is 0 Å². The third kappa shape index (κ3) is 2.88. The predicted molar refractivity (Wildman–Crippen MR) is 81.6 cm³/mol. The molecule has 1 amide bonds. The van der Waals surface area contributed by atoms with E-state index in [0.717, 1.165) is 17.4 Å². The zero-order valence-electron chi connectivity index (χ0n) is 11.7. The lowest BCUT2D eigenvalue weighted by Crippen LogP contribution is -2.55. The molecule has 20 heavy (non-hydrogen) atoms. The van der Waals surface area contributed by atoms with E-state index in [0.29, 0.717) is 23.7 Å². The number of carbonyl (C=O) groups excluding carboxylic acids is 1. The molecule has 108 valence electrons. The Balaban J connectivity index is 1.63. The average Bonchev–Trinajstić information content (AvgIpc) is 2.40. The van der Waals surface area contributed by atoms with Crippen molar-refractivity contribution in [2.75, 3.05) is 7.05 Å². The minimum absolute atomic E-state index is 0.00220. The highest BCUT2D eigenvalue weighted by molar-refractivity contribution is 9.10. The van der Waals surface area contributed by atoms with Gasteiger partial charge >= 0.3 is 0 Å². The molecule has 2 bridgehead atoms. The van der Waals surface area contributed by atoms with Crippen LogP contribution in [0.5, 0.6) is 0 Å². The molecule has 0 spiro atoms. The standard InChI is InChI=1S/C15H20BrN3O/c1-19-12-3-2-4-13(19)8-11(7-12)18-15(20)10-5-6-14(16)17-9-10/h5-6,9,11-13H,2-4,7-8H2,1H3,(H,18,20). The molecule has 0 aromatic carbocycles. The zero-order chi connectivity index (χ0) is 14.1. The third-order valence-electron chi connectivity index (χ3n) is 4.66. The van der Waals surface area contributed by atoms with Crippen LogP contribution in [0.25, 0.3) is 0 Å². The van der Waals surface area contributed by atoms with Gasteiger partial charge in [0.15, 0.2) is 0 Å². The molecule has 4 nitrogen and oxygen atoms in total. The first kappa shape index (κ1) is 14.0. The van der Waals surface area contributed by atoms with Gasteiger partial charge in [-0.3, -0.25) is 4.79 Å². The number of hydrogen-bond acceptors (Lipinski definition) is 3. The summed E-state index contributed by atoms with van der Waals surface area (Å²) in [5.74, 6) is -0.00220. The number of hydrogen-bond donors (Lipinski definition) is 1. The molecule has 2 fully saturated rings. The first-order valence-electron chi connectivity index (χ1n) is 7.28. The van der Waals surface area contributed by atoms with Gasteiger partial charge in [-0.1, -0.05) is 6.42 Å². The molecule has 2 saturated heterocycles. The quantitative estimate of drug-likeness (QED) is 0.843. The lowest BCUT2D eigenvalue weighted by molar-refractivity contribution is 0.0463. The highest BCUT2D eigenvalue weighted by atomic mass is 79.9. The molecular formula is C15H20BrN3O. The second-order valence-corrected chi connectivity index (χ2v) is 6.73. The summed E-state index contributed by atoms with van der Waals surface area (Å²) < 4.78 is 0.753. The van der Waals surface area contributed by atoms with Gasteiger partial charge in [-0.25, -0.2) is 4.98 Å². The SMILES string of the molecule is CN1C2CCCC1CC(NC(=O)c1ccc(Br)nc1)C2. The first-order valence-corrected chi connectivity index (χ1v) is 8.07. The molecular weight excluding hydrogens is 318 g/mol. The number of rotatable bonds is 2. The van der Waals surface area contributed by atoms with Crippen LogP contribution < -0.4 is 5.32 Å². The van der Waals surface area contributed by atoms with E-state index in [1.165, 1.54) is 19.3 Å². The Hall–Kier alpha value is -0.940. The fourth-order valence-corrected chi connectivity index (χ4v) is 3.75. The van der Waals surface area contributed by atoms with Gasteiger partial charge in [-0.05, 0) is 60.8 Å². The number of nitrogens with zero attached hydrogens (tertiary/aromatic N) is 2. The number of carbonyl (C=O) groups is 1. The molecule has 0 saturated carbocycles. The maximum atomic E-state index is 12.2. The number of fused-ring (bicyclic) bond motifs is 2. The molecule has 0 radical (unpaired) electrons. The normalized spacial score (nSPS) is 30.0. The summed E-state index contributed by atoms with van der Waals surface area (Å²) in [6.45, 7) is 0. The van der Waals surface area contributed by atoms with Crippen LogP contribution in [0.15, 0.2) is 22.9 Å². The highest BCUT2D eigenvalue weighted by Crippen LogP contribution is 2.32. The van der Waals surface area contributed by atoms with Crippen LogP contribution in [0.2, 0.25) is 0 Å². The number of pyridine rings is 1. The molecule has 3 rings (SSSR count). The zero-order valence-corrected chi connectivity index (χ0v) is 13.3. The van der Waals surface area contributed by atoms with E-state index in [-0.39, 0.29) is 5.91 Å². The van der Waals surface area contributed by atoms with Gasteiger partial charge in [0.1, 0.15) is 4.60 Å². The average molecular weight is 338 g/mol. The van der Waals surface area contributed by atoms with Gasteiger partial charge in [-0.15, -0.1) is 0 Å². The van der Waals surface area contributed by atoms with E-state index < -0.39 is 0 Å². The largest absolute Gasteiger partial charge is 0.349 e. The molecule has 1 aromatic rings. The van der Waals surface area contributed by atoms with Crippen molar-refractivity contribution >= 4 is 21.8 Å². The van der Waals surface area contributed by atoms with Crippen molar-refractivity contribution in [1.29, 1.82) is 0 Å². The molecule has 2 aliphatic rings. The maximum absolute atomic E-state index is 12.2. The lowest BCUT2D eigenvalue weighted by Gasteiger charge is -2.47. The summed E-state index contributed by atoms with van der Waals surface area (Å²) in [5, 5.41) is 3.18. The van der Waals surface area contributed by atoms with Crippen molar-refractivity contribution in [2.45, 2.75) is 50.2 Å². The minimum Gasteiger partial charge on any atom is -0.349 e. The van der Waals surface area contributed by atoms with Crippen LogP contribution >= 0.6 is 15.9 Å². The van der Waals surface area contributed by atoms with Gasteiger partial charge in [0, 0.05) is 24.3 Å². The predicted octanol–water partition coefficient (Wildman–Crippen LogP) is 2.59. The van der Waals surface area contributed by atoms with Crippen LogP contribution in [-0.2, 0) is 0 Å². The van der Waals surface area contributed by atoms with Crippen LogP contribution in [0.3, 0.4) is 0 Å². The Bertz CT molecular complexity index is 476. The molecule has 1 aromatic heterocycles. The number of aromatic nitrogens is 1. The molecule has 0 aliphatic carbocycles. The Kier molecular flexibility index (Phi) is 4.08. The fourth-order valence-electron chi connectivity index (χ4n) is 3.51. The van der Waals surface area contributed by atoms with Crippen LogP contribution in [0.4, 0.5) is 0 Å². The van der Waals surface area contributed by atoms with Crippen molar-refractivity contribution < 1.29 is 4.79 Å². The minimum atomic E-state index is -0.00220. The summed E-state index contributed by atoms with van der Waals surface area (Å²) in [6.07, 6.45) is 7.62. The van der Waals surface area contributed by atoms with E-state index in [1.54, 1.807) is 12.3 Å². The van der Waals surface area contributed by atoms with Crippen molar-refractivity contribution in [3.63, 3.8) is 0 Å². The lowest BCUT2D eigenvalue weighted by atomic mass is 9.82. The van der Waals surface area contributed by atoms with Gasteiger partial charge in [0.05, 0.1) is 5.56 Å². The molecule has 5 heteroatoms. The number of halogens is 1. The first-order chi connectivity index (χ1) is 9.63. The maximum Gasteiger partial charge on any atom is 0.253 e. The Labute approximate surface area is 128 Å². The summed E-state index contributed by atoms with van der Waals surface area (Å²) >= 11 is 3.28. The van der Waals surface area contributed by atoms with E-state index in [9.17, 15) is 4.79 Å².